The van der Waals surface area contributed by atoms with Crippen molar-refractivity contribution < 1.29 is 14.3 Å². The van der Waals surface area contributed by atoms with Crippen LogP contribution in [0.25, 0.3) is 0 Å². The van der Waals surface area contributed by atoms with E-state index in [0.29, 0.717) is 31.0 Å². The molecule has 0 atom stereocenters. The molecular formula is C23H28N2O3. The predicted octanol–water partition coefficient (Wildman–Crippen LogP) is 3.90. The highest BCUT2D eigenvalue weighted by atomic mass is 16.5. The molecule has 1 aromatic heterocycles. The zero-order chi connectivity index (χ0) is 20.4. The quantitative estimate of drug-likeness (QED) is 0.583. The zero-order valence-corrected chi connectivity index (χ0v) is 17.3. The van der Waals surface area contributed by atoms with E-state index < -0.39 is 0 Å². The molecule has 28 heavy (non-hydrogen) atoms. The number of benzene rings is 1. The number of allylic oxidation sites excluding steroid dienone is 1. The first-order valence-corrected chi connectivity index (χ1v) is 9.69. The minimum absolute atomic E-state index is 0.00439. The van der Waals surface area contributed by atoms with Gasteiger partial charge in [0.1, 0.15) is 5.69 Å². The summed E-state index contributed by atoms with van der Waals surface area (Å²) in [5.74, 6) is -0.386. The van der Waals surface area contributed by atoms with Gasteiger partial charge in [-0.25, -0.2) is 4.79 Å². The van der Waals surface area contributed by atoms with Crippen molar-refractivity contribution in [2.24, 2.45) is 0 Å². The van der Waals surface area contributed by atoms with Crippen LogP contribution in [0.15, 0.2) is 36.0 Å². The lowest BCUT2D eigenvalue weighted by molar-refractivity contribution is 0.0514. The molecule has 0 spiro atoms. The molecule has 1 aliphatic carbocycles. The molecule has 0 amide bonds. The van der Waals surface area contributed by atoms with Crippen molar-refractivity contribution in [3.63, 3.8) is 0 Å². The number of nitrogens with zero attached hydrogens (tertiary/aromatic N) is 2. The first-order valence-electron chi connectivity index (χ1n) is 9.69. The molecule has 0 aliphatic heterocycles. The fraction of sp³-hybridized carbons (Fsp3) is 0.391. The summed E-state index contributed by atoms with van der Waals surface area (Å²) in [5.41, 5.74) is 6.18. The van der Waals surface area contributed by atoms with Crippen LogP contribution in [0.5, 0.6) is 0 Å². The number of Topliss-reactive ketones (excluding diaryl/α,β-unsaturated/α-hetero) is 1. The lowest BCUT2D eigenvalue weighted by Gasteiger charge is -2.20. The summed E-state index contributed by atoms with van der Waals surface area (Å²) in [7, 11) is 3.82. The van der Waals surface area contributed by atoms with Crippen LogP contribution in [0.1, 0.15) is 56.6 Å². The third kappa shape index (κ3) is 3.88. The Labute approximate surface area is 166 Å². The maximum atomic E-state index is 13.2. The summed E-state index contributed by atoms with van der Waals surface area (Å²) in [6, 6.07) is 8.08. The van der Waals surface area contributed by atoms with Gasteiger partial charge in [-0.3, -0.25) is 4.79 Å². The summed E-state index contributed by atoms with van der Waals surface area (Å²) in [6.45, 7) is 6.68. The highest BCUT2D eigenvalue weighted by molar-refractivity contribution is 6.10. The van der Waals surface area contributed by atoms with E-state index in [4.69, 9.17) is 4.74 Å². The maximum Gasteiger partial charge on any atom is 0.354 e. The van der Waals surface area contributed by atoms with E-state index in [-0.39, 0.29) is 11.8 Å². The average molecular weight is 380 g/mol. The number of esters is 1. The van der Waals surface area contributed by atoms with Crippen LogP contribution >= 0.6 is 0 Å². The van der Waals surface area contributed by atoms with Crippen LogP contribution in [0.2, 0.25) is 0 Å². The summed E-state index contributed by atoms with van der Waals surface area (Å²) in [5, 5.41) is 0. The number of ether oxygens (including phenoxy) is 1. The molecule has 1 aliphatic rings. The largest absolute Gasteiger partial charge is 0.461 e. The highest BCUT2D eigenvalue weighted by Gasteiger charge is 2.30. The van der Waals surface area contributed by atoms with Crippen molar-refractivity contribution in [1.82, 2.24) is 9.47 Å². The van der Waals surface area contributed by atoms with Crippen molar-refractivity contribution in [2.45, 2.75) is 40.2 Å². The molecule has 5 nitrogen and oxygen atoms in total. The van der Waals surface area contributed by atoms with Crippen molar-refractivity contribution in [3.05, 3.63) is 69.7 Å². The number of carbonyl (C=O) groups is 2. The number of hydrogen-bond donors (Lipinski definition) is 0. The lowest BCUT2D eigenvalue weighted by Crippen LogP contribution is -2.22. The molecule has 0 bridgehead atoms. The van der Waals surface area contributed by atoms with Crippen LogP contribution in [-0.2, 0) is 17.7 Å². The predicted molar refractivity (Wildman–Crippen MR) is 110 cm³/mol. The summed E-state index contributed by atoms with van der Waals surface area (Å²) < 4.78 is 7.11. The summed E-state index contributed by atoms with van der Waals surface area (Å²) in [6.07, 6.45) is 3.30. The molecule has 0 N–H and O–H groups in total. The molecule has 0 saturated heterocycles. The molecule has 1 heterocycles. The monoisotopic (exact) mass is 380 g/mol. The van der Waals surface area contributed by atoms with Crippen LogP contribution in [0.3, 0.4) is 0 Å². The van der Waals surface area contributed by atoms with E-state index >= 15 is 0 Å². The van der Waals surface area contributed by atoms with E-state index in [1.807, 2.05) is 35.8 Å². The first kappa shape index (κ1) is 19.9. The number of aromatic nitrogens is 1. The van der Waals surface area contributed by atoms with Gasteiger partial charge in [0.05, 0.1) is 12.3 Å². The fourth-order valence-electron chi connectivity index (χ4n) is 3.77. The van der Waals surface area contributed by atoms with Crippen LogP contribution in [0.4, 0.5) is 0 Å². The lowest BCUT2D eigenvalue weighted by atomic mass is 9.92. The molecule has 148 valence electrons. The molecule has 0 radical (unpaired) electrons. The minimum atomic E-state index is -0.382. The standard InChI is InChI=1S/C23H28N2O3/c1-6-28-23(27)20-12-17-9-10-19(13-24(4)5)22(26)21(17)25(20)14-18-8-7-15(2)11-16(18)3/h7-8,11-13H,6,9-10,14H2,1-5H3/b19-13+. The maximum absolute atomic E-state index is 13.2. The fourth-order valence-corrected chi connectivity index (χ4v) is 3.77. The van der Waals surface area contributed by atoms with E-state index in [2.05, 4.69) is 32.0 Å². The van der Waals surface area contributed by atoms with Crippen LogP contribution < -0.4 is 0 Å². The molecule has 2 aromatic rings. The van der Waals surface area contributed by atoms with Gasteiger partial charge in [0.15, 0.2) is 0 Å². The number of hydrogen-bond acceptors (Lipinski definition) is 4. The molecule has 5 heteroatoms. The van der Waals surface area contributed by atoms with Gasteiger partial charge in [-0.2, -0.15) is 0 Å². The normalized spacial score (nSPS) is 14.9. The number of aryl methyl sites for hydroxylation is 3. The summed E-state index contributed by atoms with van der Waals surface area (Å²) in [4.78, 5) is 27.7. The van der Waals surface area contributed by atoms with Gasteiger partial charge in [0, 0.05) is 32.4 Å². The number of carbonyl (C=O) groups excluding carboxylic acids is 2. The third-order valence-corrected chi connectivity index (χ3v) is 5.07. The number of ketones is 1. The van der Waals surface area contributed by atoms with Crippen molar-refractivity contribution >= 4 is 11.8 Å². The van der Waals surface area contributed by atoms with Gasteiger partial charge in [-0.05, 0) is 56.4 Å². The third-order valence-electron chi connectivity index (χ3n) is 5.07. The molecule has 0 saturated carbocycles. The molecule has 3 rings (SSSR count). The SMILES string of the molecule is CCOC(=O)c1cc2c(n1Cc1ccc(C)cc1C)C(=O)/C(=C/N(C)C)CC2. The summed E-state index contributed by atoms with van der Waals surface area (Å²) >= 11 is 0. The van der Waals surface area contributed by atoms with Gasteiger partial charge < -0.3 is 14.2 Å². The Kier molecular flexibility index (Phi) is 5.73. The Hall–Kier alpha value is -2.82. The molecule has 0 unspecified atom stereocenters. The second-order valence-electron chi connectivity index (χ2n) is 7.59. The van der Waals surface area contributed by atoms with E-state index in [1.54, 1.807) is 6.92 Å². The average Bonchev–Trinajstić information content (AvgIpc) is 2.99. The molecule has 0 fully saturated rings. The Balaban J connectivity index is 2.12. The van der Waals surface area contributed by atoms with Crippen LogP contribution in [-0.4, -0.2) is 41.9 Å². The Bertz CT molecular complexity index is 951. The number of fused-ring (bicyclic) bond motifs is 1. The Morgan fingerprint density at radius 2 is 1.96 bits per heavy atom. The van der Waals surface area contributed by atoms with Gasteiger partial charge in [-0.15, -0.1) is 0 Å². The van der Waals surface area contributed by atoms with Gasteiger partial charge >= 0.3 is 5.97 Å². The number of rotatable bonds is 5. The molecular weight excluding hydrogens is 352 g/mol. The van der Waals surface area contributed by atoms with Gasteiger partial charge in [0.2, 0.25) is 5.78 Å². The molecule has 1 aromatic carbocycles. The van der Waals surface area contributed by atoms with Gasteiger partial charge in [0.25, 0.3) is 0 Å². The van der Waals surface area contributed by atoms with E-state index in [9.17, 15) is 9.59 Å². The first-order chi connectivity index (χ1) is 13.3. The van der Waals surface area contributed by atoms with Crippen molar-refractivity contribution in [3.8, 4) is 0 Å². The van der Waals surface area contributed by atoms with Crippen molar-refractivity contribution in [1.29, 1.82) is 0 Å². The van der Waals surface area contributed by atoms with Gasteiger partial charge in [-0.1, -0.05) is 23.8 Å². The van der Waals surface area contributed by atoms with Crippen LogP contribution in [0, 0.1) is 13.8 Å². The minimum Gasteiger partial charge on any atom is -0.461 e. The topological polar surface area (TPSA) is 51.5 Å². The second-order valence-corrected chi connectivity index (χ2v) is 7.59. The smallest absolute Gasteiger partial charge is 0.354 e. The van der Waals surface area contributed by atoms with Crippen molar-refractivity contribution in [2.75, 3.05) is 20.7 Å². The highest BCUT2D eigenvalue weighted by Crippen LogP contribution is 2.30. The Morgan fingerprint density at radius 3 is 2.61 bits per heavy atom. The zero-order valence-electron chi connectivity index (χ0n) is 17.3. The Morgan fingerprint density at radius 1 is 1.21 bits per heavy atom. The van der Waals surface area contributed by atoms with E-state index in [1.165, 1.54) is 5.56 Å². The second kappa shape index (κ2) is 8.05. The van der Waals surface area contributed by atoms with E-state index in [0.717, 1.165) is 28.7 Å².